The summed E-state index contributed by atoms with van der Waals surface area (Å²) in [6.45, 7) is 4.07. The van der Waals surface area contributed by atoms with Crippen molar-refractivity contribution in [3.63, 3.8) is 0 Å². The summed E-state index contributed by atoms with van der Waals surface area (Å²) in [6, 6.07) is 13.3. The lowest BCUT2D eigenvalue weighted by Gasteiger charge is -2.45. The molecule has 2 heterocycles. The Morgan fingerprint density at radius 3 is 2.60 bits per heavy atom. The molecule has 2 unspecified atom stereocenters. The molecule has 4 rings (SSSR count). The van der Waals surface area contributed by atoms with Crippen LogP contribution in [0, 0.1) is 0 Å². The minimum absolute atomic E-state index is 0.0141. The molecule has 30 heavy (non-hydrogen) atoms. The Labute approximate surface area is 181 Å². The largest absolute Gasteiger partial charge is 0.494 e. The molecule has 2 aromatic rings. The van der Waals surface area contributed by atoms with Crippen LogP contribution >= 0.6 is 11.6 Å². The highest BCUT2D eigenvalue weighted by molar-refractivity contribution is 6.31. The molecule has 6 nitrogen and oxygen atoms in total. The molecule has 7 heteroatoms. The number of fused-ring (bicyclic) bond motifs is 2. The number of hydrogen-bond donors (Lipinski definition) is 3. The average molecular weight is 435 g/mol. The van der Waals surface area contributed by atoms with Gasteiger partial charge in [-0.05, 0) is 55.7 Å². The first-order valence-corrected chi connectivity index (χ1v) is 10.6. The highest BCUT2D eigenvalue weighted by atomic mass is 35.5. The molecule has 2 aliphatic heterocycles. The number of benzene rings is 2. The third-order valence-corrected chi connectivity index (χ3v) is 6.42. The molecule has 0 aromatic heterocycles. The Morgan fingerprint density at radius 1 is 1.20 bits per heavy atom. The van der Waals surface area contributed by atoms with Crippen LogP contribution in [0.5, 0.6) is 5.75 Å². The number of rotatable bonds is 6. The lowest BCUT2D eigenvalue weighted by atomic mass is 9.82. The van der Waals surface area contributed by atoms with Gasteiger partial charge < -0.3 is 29.5 Å². The quantitative estimate of drug-likeness (QED) is 0.648. The van der Waals surface area contributed by atoms with Gasteiger partial charge in [0.15, 0.2) is 5.79 Å². The molecular formula is C23H27ClO6. The zero-order valence-electron chi connectivity index (χ0n) is 17.0. The monoisotopic (exact) mass is 434 g/mol. The van der Waals surface area contributed by atoms with Gasteiger partial charge in [0.1, 0.15) is 17.5 Å². The summed E-state index contributed by atoms with van der Waals surface area (Å²) < 4.78 is 17.6. The van der Waals surface area contributed by atoms with Gasteiger partial charge >= 0.3 is 0 Å². The van der Waals surface area contributed by atoms with Crippen molar-refractivity contribution in [2.45, 2.75) is 56.4 Å². The molecule has 5 atom stereocenters. The van der Waals surface area contributed by atoms with Gasteiger partial charge in [-0.15, -0.1) is 0 Å². The van der Waals surface area contributed by atoms with E-state index in [0.29, 0.717) is 23.6 Å². The molecule has 0 spiro atoms. The molecule has 2 aliphatic rings. The second kappa shape index (κ2) is 8.11. The van der Waals surface area contributed by atoms with Crippen LogP contribution in [0.1, 0.15) is 37.0 Å². The zero-order chi connectivity index (χ0) is 21.5. The Bertz CT molecular complexity index is 901. The zero-order valence-corrected chi connectivity index (χ0v) is 17.8. The van der Waals surface area contributed by atoms with E-state index in [0.717, 1.165) is 16.9 Å². The first-order valence-electron chi connectivity index (χ1n) is 10.2. The number of aliphatic hydroxyl groups excluding tert-OH is 3. The van der Waals surface area contributed by atoms with Crippen LogP contribution in [0.4, 0.5) is 0 Å². The van der Waals surface area contributed by atoms with E-state index in [2.05, 4.69) is 0 Å². The van der Waals surface area contributed by atoms with Crippen LogP contribution in [0.3, 0.4) is 0 Å². The maximum Gasteiger partial charge on any atom is 0.198 e. The second-order valence-electron chi connectivity index (χ2n) is 8.05. The van der Waals surface area contributed by atoms with Crippen molar-refractivity contribution in [3.05, 3.63) is 64.2 Å². The third-order valence-electron chi connectivity index (χ3n) is 6.05. The highest BCUT2D eigenvalue weighted by Crippen LogP contribution is 2.51. The molecule has 2 aromatic carbocycles. The second-order valence-corrected chi connectivity index (χ2v) is 8.46. The number of hydrogen-bond acceptors (Lipinski definition) is 6. The summed E-state index contributed by atoms with van der Waals surface area (Å²) in [5.41, 5.74) is 1.28. The third kappa shape index (κ3) is 3.62. The fraction of sp³-hybridized carbons (Fsp3) is 0.478. The van der Waals surface area contributed by atoms with Crippen molar-refractivity contribution >= 4 is 11.6 Å². The van der Waals surface area contributed by atoms with Gasteiger partial charge in [0.2, 0.25) is 0 Å². The summed E-state index contributed by atoms with van der Waals surface area (Å²) in [6.07, 6.45) is -2.67. The van der Waals surface area contributed by atoms with Crippen LogP contribution < -0.4 is 4.74 Å². The van der Waals surface area contributed by atoms with Gasteiger partial charge in [-0.3, -0.25) is 0 Å². The summed E-state index contributed by atoms with van der Waals surface area (Å²) in [5.74, 6) is -0.426. The molecule has 2 fully saturated rings. The lowest BCUT2D eigenvalue weighted by Crippen LogP contribution is -2.62. The summed E-state index contributed by atoms with van der Waals surface area (Å²) in [5, 5.41) is 31.8. The van der Waals surface area contributed by atoms with E-state index in [1.807, 2.05) is 37.3 Å². The summed E-state index contributed by atoms with van der Waals surface area (Å²) in [4.78, 5) is 0. The van der Waals surface area contributed by atoms with Gasteiger partial charge in [-0.25, -0.2) is 0 Å². The van der Waals surface area contributed by atoms with E-state index in [4.69, 9.17) is 25.8 Å². The van der Waals surface area contributed by atoms with Crippen molar-refractivity contribution in [1.29, 1.82) is 0 Å². The summed E-state index contributed by atoms with van der Waals surface area (Å²) >= 11 is 6.46. The van der Waals surface area contributed by atoms with E-state index in [1.165, 1.54) is 6.92 Å². The molecular weight excluding hydrogens is 408 g/mol. The average Bonchev–Trinajstić information content (AvgIpc) is 3.08. The molecule has 162 valence electrons. The van der Waals surface area contributed by atoms with E-state index < -0.39 is 29.7 Å². The molecule has 3 N–H and O–H groups in total. The van der Waals surface area contributed by atoms with E-state index >= 15 is 0 Å². The summed E-state index contributed by atoms with van der Waals surface area (Å²) in [7, 11) is 0. The highest BCUT2D eigenvalue weighted by Gasteiger charge is 2.64. The van der Waals surface area contributed by atoms with Gasteiger partial charge in [0, 0.05) is 17.0 Å². The Morgan fingerprint density at radius 2 is 1.93 bits per heavy atom. The molecule has 0 radical (unpaired) electrons. The minimum atomic E-state index is -1.37. The lowest BCUT2D eigenvalue weighted by molar-refractivity contribution is -0.292. The topological polar surface area (TPSA) is 88.4 Å². The van der Waals surface area contributed by atoms with Gasteiger partial charge in [0.05, 0.1) is 25.4 Å². The molecule has 0 amide bonds. The first kappa shape index (κ1) is 21.6. The Balaban J connectivity index is 1.63. The first-order chi connectivity index (χ1) is 14.3. The smallest absolute Gasteiger partial charge is 0.198 e. The van der Waals surface area contributed by atoms with E-state index in [9.17, 15) is 15.3 Å². The van der Waals surface area contributed by atoms with Crippen LogP contribution in [-0.4, -0.2) is 52.4 Å². The van der Waals surface area contributed by atoms with Crippen molar-refractivity contribution in [3.8, 4) is 5.75 Å². The Hall–Kier alpha value is -1.67. The fourth-order valence-electron chi connectivity index (χ4n) is 4.30. The van der Waals surface area contributed by atoms with Crippen molar-refractivity contribution in [2.24, 2.45) is 0 Å². The maximum absolute atomic E-state index is 10.5. The number of aliphatic hydroxyl groups is 3. The normalized spacial score (nSPS) is 31.5. The predicted molar refractivity (Wildman–Crippen MR) is 112 cm³/mol. The van der Waals surface area contributed by atoms with Crippen LogP contribution in [0.2, 0.25) is 5.02 Å². The number of halogens is 1. The fourth-order valence-corrected chi connectivity index (χ4v) is 4.49. The molecule has 2 bridgehead atoms. The minimum Gasteiger partial charge on any atom is -0.494 e. The van der Waals surface area contributed by atoms with Crippen LogP contribution in [-0.2, 0) is 21.7 Å². The van der Waals surface area contributed by atoms with Crippen molar-refractivity contribution in [2.75, 3.05) is 13.2 Å². The molecule has 0 aliphatic carbocycles. The van der Waals surface area contributed by atoms with Gasteiger partial charge in [-0.2, -0.15) is 0 Å². The van der Waals surface area contributed by atoms with Gasteiger partial charge in [0.25, 0.3) is 0 Å². The standard InChI is InChI=1S/C23H27ClO6/c1-3-28-18-7-4-15(5-8-18)10-16-11-17(6-9-19(16)24)23-12-20(26)21(27)22(30-23,13-29-23)14(2)25/h4-9,11,14,20-21,25-27H,3,10,12-13H2,1-2H3/t14?,20?,21-,22+,23+/m0/s1. The molecule has 2 saturated heterocycles. The van der Waals surface area contributed by atoms with Crippen molar-refractivity contribution < 1.29 is 29.5 Å². The number of ether oxygens (including phenoxy) is 3. The predicted octanol–water partition coefficient (Wildman–Crippen LogP) is 2.77. The van der Waals surface area contributed by atoms with Gasteiger partial charge in [-0.1, -0.05) is 29.8 Å². The molecule has 0 saturated carbocycles. The van der Waals surface area contributed by atoms with Crippen LogP contribution in [0.25, 0.3) is 0 Å². The van der Waals surface area contributed by atoms with E-state index in [-0.39, 0.29) is 13.0 Å². The van der Waals surface area contributed by atoms with E-state index in [1.54, 1.807) is 12.1 Å². The Kier molecular flexibility index (Phi) is 5.83. The van der Waals surface area contributed by atoms with Crippen molar-refractivity contribution in [1.82, 2.24) is 0 Å². The maximum atomic E-state index is 10.5. The SMILES string of the molecule is CCOc1ccc(Cc2cc([C@]34CC(O)[C@H](O)[C@](C(C)O)(CO3)O4)ccc2Cl)cc1. The van der Waals surface area contributed by atoms with Crippen LogP contribution in [0.15, 0.2) is 42.5 Å².